The molecule has 0 fully saturated rings. The average Bonchev–Trinajstić information content (AvgIpc) is 2.33. The summed E-state index contributed by atoms with van der Waals surface area (Å²) < 4.78 is 2.05. The van der Waals surface area contributed by atoms with Gasteiger partial charge in [-0.05, 0) is 59.4 Å². The third-order valence-corrected chi connectivity index (χ3v) is 4.03. The second kappa shape index (κ2) is 8.86. The maximum atomic E-state index is 11.6. The molecule has 1 rings (SSSR count). The van der Waals surface area contributed by atoms with Gasteiger partial charge in [0.1, 0.15) is 0 Å². The molecular weight excluding hydrogens is 439 g/mol. The van der Waals surface area contributed by atoms with Crippen LogP contribution < -0.4 is 10.6 Å². The van der Waals surface area contributed by atoms with Crippen LogP contribution in [0.1, 0.15) is 32.6 Å². The van der Waals surface area contributed by atoms with Crippen molar-refractivity contribution in [1.82, 2.24) is 5.32 Å². The van der Waals surface area contributed by atoms with Crippen molar-refractivity contribution in [3.05, 3.63) is 26.2 Å². The third kappa shape index (κ3) is 6.67. The maximum absolute atomic E-state index is 11.6. The van der Waals surface area contributed by atoms with E-state index < -0.39 is 0 Å². The summed E-state index contributed by atoms with van der Waals surface area (Å²) in [4.78, 5) is 11.6. The molecule has 0 bridgehead atoms. The number of unbranched alkanes of at least 4 members (excludes halogenated alkanes) is 2. The fourth-order valence-electron chi connectivity index (χ4n) is 1.47. The predicted octanol–water partition coefficient (Wildman–Crippen LogP) is 4.45. The highest BCUT2D eigenvalue weighted by molar-refractivity contribution is 14.1. The molecule has 1 aromatic rings. The monoisotopic (exact) mass is 454 g/mol. The molecule has 0 spiro atoms. The Hall–Kier alpha value is -0.210. The van der Waals surface area contributed by atoms with Crippen molar-refractivity contribution < 1.29 is 4.79 Å². The van der Waals surface area contributed by atoms with Gasteiger partial charge in [-0.2, -0.15) is 0 Å². The highest BCUT2D eigenvalue weighted by atomic mass is 127. The fraction of sp³-hybridized carbons (Fsp3) is 0.385. The molecule has 0 saturated carbocycles. The first-order chi connectivity index (χ1) is 9.02. The van der Waals surface area contributed by atoms with E-state index in [-0.39, 0.29) is 5.91 Å². The molecule has 6 heteroatoms. The van der Waals surface area contributed by atoms with Gasteiger partial charge in [0, 0.05) is 14.5 Å². The standard InChI is InChI=1S/C13H16BrIN2OS/c1-2-3-4-5-12(18)17-13(19)16-11-7-6-9(14)8-10(11)15/h6-8H,2-5H2,1H3,(H2,16,17,18,19). The topological polar surface area (TPSA) is 41.1 Å². The lowest BCUT2D eigenvalue weighted by molar-refractivity contribution is -0.119. The molecule has 0 radical (unpaired) electrons. The van der Waals surface area contributed by atoms with Crippen LogP contribution in [0.15, 0.2) is 22.7 Å². The molecule has 104 valence electrons. The van der Waals surface area contributed by atoms with Crippen LogP contribution in [0.5, 0.6) is 0 Å². The molecule has 0 atom stereocenters. The van der Waals surface area contributed by atoms with E-state index in [2.05, 4.69) is 56.1 Å². The van der Waals surface area contributed by atoms with Crippen LogP contribution >= 0.6 is 50.7 Å². The van der Waals surface area contributed by atoms with Gasteiger partial charge in [-0.1, -0.05) is 35.7 Å². The highest BCUT2D eigenvalue weighted by Crippen LogP contribution is 2.22. The Kier molecular flexibility index (Phi) is 7.86. The highest BCUT2D eigenvalue weighted by Gasteiger charge is 2.06. The van der Waals surface area contributed by atoms with E-state index in [1.807, 2.05) is 18.2 Å². The zero-order valence-corrected chi connectivity index (χ0v) is 15.2. The van der Waals surface area contributed by atoms with Gasteiger partial charge in [0.2, 0.25) is 5.91 Å². The van der Waals surface area contributed by atoms with Gasteiger partial charge in [-0.3, -0.25) is 4.79 Å². The first-order valence-corrected chi connectivity index (χ1v) is 8.36. The molecule has 1 aromatic carbocycles. The average molecular weight is 455 g/mol. The summed E-state index contributed by atoms with van der Waals surface area (Å²) in [5.74, 6) is -0.0296. The number of anilines is 1. The fourth-order valence-corrected chi connectivity index (χ4v) is 3.13. The summed E-state index contributed by atoms with van der Waals surface area (Å²) in [6, 6.07) is 5.83. The van der Waals surface area contributed by atoms with E-state index in [0.29, 0.717) is 11.5 Å². The largest absolute Gasteiger partial charge is 0.332 e. The summed E-state index contributed by atoms with van der Waals surface area (Å²) in [7, 11) is 0. The number of rotatable bonds is 5. The van der Waals surface area contributed by atoms with Crippen LogP contribution in [-0.2, 0) is 4.79 Å². The number of nitrogens with one attached hydrogen (secondary N) is 2. The molecule has 2 N–H and O–H groups in total. The Morgan fingerprint density at radius 2 is 2.16 bits per heavy atom. The van der Waals surface area contributed by atoms with Gasteiger partial charge in [0.05, 0.1) is 5.69 Å². The van der Waals surface area contributed by atoms with Crippen LogP contribution in [0, 0.1) is 3.57 Å². The quantitative estimate of drug-likeness (QED) is 0.392. The predicted molar refractivity (Wildman–Crippen MR) is 95.4 cm³/mol. The van der Waals surface area contributed by atoms with Crippen LogP contribution in [0.3, 0.4) is 0 Å². The van der Waals surface area contributed by atoms with E-state index >= 15 is 0 Å². The van der Waals surface area contributed by atoms with Gasteiger partial charge in [0.25, 0.3) is 0 Å². The number of benzene rings is 1. The first-order valence-electron chi connectivity index (χ1n) is 6.08. The normalized spacial score (nSPS) is 10.1. The summed E-state index contributed by atoms with van der Waals surface area (Å²) in [5, 5.41) is 6.07. The van der Waals surface area contributed by atoms with Crippen molar-refractivity contribution in [2.45, 2.75) is 32.6 Å². The Balaban J connectivity index is 2.44. The van der Waals surface area contributed by atoms with Crippen LogP contribution in [0.4, 0.5) is 5.69 Å². The number of thiocarbonyl (C=S) groups is 1. The SMILES string of the molecule is CCCCCC(=O)NC(=S)Nc1ccc(Br)cc1I. The van der Waals surface area contributed by atoms with E-state index in [1.54, 1.807) is 0 Å². The Morgan fingerprint density at radius 1 is 1.42 bits per heavy atom. The zero-order valence-electron chi connectivity index (χ0n) is 10.6. The van der Waals surface area contributed by atoms with Crippen LogP contribution in [0.2, 0.25) is 0 Å². The molecule has 0 aliphatic carbocycles. The van der Waals surface area contributed by atoms with E-state index in [0.717, 1.165) is 33.0 Å². The third-order valence-electron chi connectivity index (χ3n) is 2.44. The van der Waals surface area contributed by atoms with Gasteiger partial charge in [-0.15, -0.1) is 0 Å². The first kappa shape index (κ1) is 16.8. The molecule has 0 unspecified atom stereocenters. The molecule has 0 aliphatic rings. The van der Waals surface area contributed by atoms with Crippen molar-refractivity contribution in [3.8, 4) is 0 Å². The van der Waals surface area contributed by atoms with Crippen molar-refractivity contribution in [1.29, 1.82) is 0 Å². The minimum Gasteiger partial charge on any atom is -0.332 e. The minimum atomic E-state index is -0.0296. The Labute approximate surface area is 141 Å². The zero-order chi connectivity index (χ0) is 14.3. The van der Waals surface area contributed by atoms with Gasteiger partial charge in [0.15, 0.2) is 5.11 Å². The van der Waals surface area contributed by atoms with E-state index in [9.17, 15) is 4.79 Å². The molecule has 0 saturated heterocycles. The number of hydrogen-bond donors (Lipinski definition) is 2. The molecule has 0 heterocycles. The number of carbonyl (C=O) groups excluding carboxylic acids is 1. The van der Waals surface area contributed by atoms with Crippen molar-refractivity contribution in [2.75, 3.05) is 5.32 Å². The van der Waals surface area contributed by atoms with Gasteiger partial charge in [-0.25, -0.2) is 0 Å². The lowest BCUT2D eigenvalue weighted by Crippen LogP contribution is -2.34. The Morgan fingerprint density at radius 3 is 2.79 bits per heavy atom. The van der Waals surface area contributed by atoms with Gasteiger partial charge < -0.3 is 10.6 Å². The molecule has 19 heavy (non-hydrogen) atoms. The second-order valence-electron chi connectivity index (χ2n) is 4.08. The summed E-state index contributed by atoms with van der Waals surface area (Å²) in [6.07, 6.45) is 3.60. The summed E-state index contributed by atoms with van der Waals surface area (Å²) in [5.41, 5.74) is 0.891. The lowest BCUT2D eigenvalue weighted by Gasteiger charge is -2.11. The summed E-state index contributed by atoms with van der Waals surface area (Å²) >= 11 is 10.7. The number of hydrogen-bond acceptors (Lipinski definition) is 2. The number of carbonyl (C=O) groups is 1. The van der Waals surface area contributed by atoms with E-state index in [4.69, 9.17) is 12.2 Å². The second-order valence-corrected chi connectivity index (χ2v) is 6.57. The number of amides is 1. The smallest absolute Gasteiger partial charge is 0.226 e. The van der Waals surface area contributed by atoms with Crippen LogP contribution in [-0.4, -0.2) is 11.0 Å². The van der Waals surface area contributed by atoms with Gasteiger partial charge >= 0.3 is 0 Å². The van der Waals surface area contributed by atoms with Crippen molar-refractivity contribution in [3.63, 3.8) is 0 Å². The molecular formula is C13H16BrIN2OS. The Bertz CT molecular complexity index is 468. The summed E-state index contributed by atoms with van der Waals surface area (Å²) in [6.45, 7) is 2.11. The molecule has 3 nitrogen and oxygen atoms in total. The van der Waals surface area contributed by atoms with Crippen molar-refractivity contribution >= 4 is 67.4 Å². The van der Waals surface area contributed by atoms with E-state index in [1.165, 1.54) is 0 Å². The molecule has 0 aromatic heterocycles. The maximum Gasteiger partial charge on any atom is 0.226 e. The molecule has 0 aliphatic heterocycles. The number of halogens is 2. The lowest BCUT2D eigenvalue weighted by atomic mass is 10.2. The molecule has 1 amide bonds. The van der Waals surface area contributed by atoms with Crippen LogP contribution in [0.25, 0.3) is 0 Å². The van der Waals surface area contributed by atoms with Crippen molar-refractivity contribution in [2.24, 2.45) is 0 Å². The minimum absolute atomic E-state index is 0.0296.